The molecule has 1 aliphatic heterocycles. The monoisotopic (exact) mass is 469 g/mol. The Kier molecular flexibility index (Phi) is 11.1. The summed E-state index contributed by atoms with van der Waals surface area (Å²) in [5, 5.41) is 23.8. The van der Waals surface area contributed by atoms with Crippen LogP contribution >= 0.6 is 11.6 Å². The minimum absolute atomic E-state index is 0.297. The van der Waals surface area contributed by atoms with Gasteiger partial charge in [-0.2, -0.15) is 5.06 Å². The van der Waals surface area contributed by atoms with Gasteiger partial charge in [0.25, 0.3) is 0 Å². The molecular weight excluding hydrogens is 438 g/mol. The molecule has 2 unspecified atom stereocenters. The number of halogens is 1. The molecule has 1 aromatic rings. The molecule has 1 aromatic carbocycles. The van der Waals surface area contributed by atoms with E-state index in [2.05, 4.69) is 5.32 Å². The molecule has 0 amide bonds. The maximum absolute atomic E-state index is 12.8. The highest BCUT2D eigenvalue weighted by Crippen LogP contribution is 2.18. The topological polar surface area (TPSA) is 142 Å². The first-order valence-corrected chi connectivity index (χ1v) is 11.3. The fourth-order valence-corrected chi connectivity index (χ4v) is 3.83. The van der Waals surface area contributed by atoms with Crippen molar-refractivity contribution in [1.29, 1.82) is 0 Å². The Morgan fingerprint density at radius 2 is 1.88 bits per heavy atom. The Hall–Kier alpha value is -2.04. The summed E-state index contributed by atoms with van der Waals surface area (Å²) in [6, 6.07) is 4.77. The summed E-state index contributed by atoms with van der Waals surface area (Å²) in [6.07, 6.45) is 3.74. The zero-order valence-corrected chi connectivity index (χ0v) is 18.8. The maximum atomic E-state index is 12.8. The predicted molar refractivity (Wildman–Crippen MR) is 119 cm³/mol. The minimum atomic E-state index is -1.04. The number of nitrogens with zero attached hydrogens (tertiary/aromatic N) is 1. The second-order valence-corrected chi connectivity index (χ2v) is 8.37. The minimum Gasteiger partial charge on any atom is -0.480 e. The predicted octanol–water partition coefficient (Wildman–Crippen LogP) is 1.86. The van der Waals surface area contributed by atoms with Gasteiger partial charge >= 0.3 is 11.9 Å². The first-order valence-electron chi connectivity index (χ1n) is 10.9. The van der Waals surface area contributed by atoms with Crippen LogP contribution in [0.1, 0.15) is 44.1 Å². The standard InChI is InChI=1S/C22H32ClN3O6/c23-16-9-6-15(7-10-16)8-11-18(21(28)29)25-17(4-1-2-12-24)20(27)14-32-26-13-3-5-19(26)22(30)31/h6-7,9-10,17-19,25H,1-5,8,11-14,24H2,(H,28,29)(H,30,31)/t17-,18?,19?/m0/s1. The number of benzene rings is 1. The van der Waals surface area contributed by atoms with Crippen molar-refractivity contribution in [2.24, 2.45) is 5.73 Å². The summed E-state index contributed by atoms with van der Waals surface area (Å²) >= 11 is 5.89. The summed E-state index contributed by atoms with van der Waals surface area (Å²) in [5.41, 5.74) is 6.50. The first-order chi connectivity index (χ1) is 15.3. The highest BCUT2D eigenvalue weighted by molar-refractivity contribution is 6.30. The van der Waals surface area contributed by atoms with Gasteiger partial charge in [0.05, 0.1) is 6.04 Å². The Morgan fingerprint density at radius 1 is 1.16 bits per heavy atom. The van der Waals surface area contributed by atoms with E-state index in [0.29, 0.717) is 63.1 Å². The summed E-state index contributed by atoms with van der Waals surface area (Å²) in [4.78, 5) is 41.4. The van der Waals surface area contributed by atoms with E-state index in [1.807, 2.05) is 12.1 Å². The number of Topliss-reactive ketones (excluding diaryl/α,β-unsaturated/α-hetero) is 1. The van der Waals surface area contributed by atoms with Gasteiger partial charge in [-0.25, -0.2) is 0 Å². The summed E-state index contributed by atoms with van der Waals surface area (Å²) in [6.45, 7) is 0.604. The molecule has 1 heterocycles. The van der Waals surface area contributed by atoms with Crippen LogP contribution in [0, 0.1) is 0 Å². The molecule has 3 atom stereocenters. The molecule has 1 fully saturated rings. The van der Waals surface area contributed by atoms with Crippen LogP contribution in [0.15, 0.2) is 24.3 Å². The normalized spacial score (nSPS) is 18.4. The fourth-order valence-electron chi connectivity index (χ4n) is 3.70. The SMILES string of the molecule is NCCCC[C@H](NC(CCc1ccc(Cl)cc1)C(=O)O)C(=O)CON1CCCC1C(=O)O. The van der Waals surface area contributed by atoms with Crippen molar-refractivity contribution < 1.29 is 29.4 Å². The van der Waals surface area contributed by atoms with Crippen LogP contribution in [-0.2, 0) is 25.6 Å². The number of carboxylic acid groups (broad SMARTS) is 2. The zero-order chi connectivity index (χ0) is 23.5. The van der Waals surface area contributed by atoms with Gasteiger partial charge in [0.2, 0.25) is 0 Å². The molecule has 1 aliphatic rings. The van der Waals surface area contributed by atoms with Crippen LogP contribution in [0.5, 0.6) is 0 Å². The van der Waals surface area contributed by atoms with Gasteiger partial charge < -0.3 is 15.9 Å². The van der Waals surface area contributed by atoms with Gasteiger partial charge in [0, 0.05) is 11.6 Å². The average Bonchev–Trinajstić information content (AvgIpc) is 3.23. The smallest absolute Gasteiger partial charge is 0.323 e. The molecule has 0 radical (unpaired) electrons. The van der Waals surface area contributed by atoms with E-state index in [-0.39, 0.29) is 12.4 Å². The van der Waals surface area contributed by atoms with Crippen LogP contribution in [0.4, 0.5) is 0 Å². The number of ketones is 1. The van der Waals surface area contributed by atoms with Crippen molar-refractivity contribution in [3.05, 3.63) is 34.9 Å². The number of nitrogens with two attached hydrogens (primary N) is 1. The van der Waals surface area contributed by atoms with Gasteiger partial charge in [0.15, 0.2) is 5.78 Å². The Balaban J connectivity index is 1.97. The lowest BCUT2D eigenvalue weighted by molar-refractivity contribution is -0.189. The second-order valence-electron chi connectivity index (χ2n) is 7.94. The number of carboxylic acids is 2. The van der Waals surface area contributed by atoms with Crippen LogP contribution in [0.2, 0.25) is 5.02 Å². The van der Waals surface area contributed by atoms with Crippen LogP contribution in [0.3, 0.4) is 0 Å². The van der Waals surface area contributed by atoms with E-state index in [4.69, 9.17) is 22.2 Å². The van der Waals surface area contributed by atoms with Crippen molar-refractivity contribution >= 4 is 29.3 Å². The lowest BCUT2D eigenvalue weighted by atomic mass is 10.0. The van der Waals surface area contributed by atoms with Crippen LogP contribution in [-0.4, -0.2) is 70.8 Å². The number of aliphatic carboxylic acids is 2. The van der Waals surface area contributed by atoms with Crippen molar-refractivity contribution in [2.45, 2.75) is 63.1 Å². The molecule has 0 spiro atoms. The number of carbonyl (C=O) groups is 3. The molecule has 5 N–H and O–H groups in total. The number of hydrogen-bond donors (Lipinski definition) is 4. The molecule has 32 heavy (non-hydrogen) atoms. The van der Waals surface area contributed by atoms with E-state index in [0.717, 1.165) is 5.56 Å². The molecule has 2 rings (SSSR count). The third-order valence-corrected chi connectivity index (χ3v) is 5.78. The van der Waals surface area contributed by atoms with Gasteiger partial charge in [0.1, 0.15) is 18.7 Å². The van der Waals surface area contributed by atoms with Crippen LogP contribution in [0.25, 0.3) is 0 Å². The third-order valence-electron chi connectivity index (χ3n) is 5.53. The number of nitrogens with one attached hydrogen (secondary N) is 1. The number of hydroxylamine groups is 2. The van der Waals surface area contributed by atoms with Crippen molar-refractivity contribution in [2.75, 3.05) is 19.7 Å². The molecule has 9 nitrogen and oxygen atoms in total. The van der Waals surface area contributed by atoms with E-state index in [1.54, 1.807) is 12.1 Å². The van der Waals surface area contributed by atoms with Crippen molar-refractivity contribution in [3.63, 3.8) is 0 Å². The molecule has 1 saturated heterocycles. The van der Waals surface area contributed by atoms with Crippen LogP contribution < -0.4 is 11.1 Å². The molecular formula is C22H32ClN3O6. The molecule has 0 saturated carbocycles. The van der Waals surface area contributed by atoms with Gasteiger partial charge in [-0.15, -0.1) is 0 Å². The van der Waals surface area contributed by atoms with Crippen molar-refractivity contribution in [3.8, 4) is 0 Å². The number of aryl methyl sites for hydroxylation is 1. The van der Waals surface area contributed by atoms with E-state index in [1.165, 1.54) is 5.06 Å². The summed E-state index contributed by atoms with van der Waals surface area (Å²) in [5.74, 6) is -2.33. The van der Waals surface area contributed by atoms with E-state index in [9.17, 15) is 24.6 Å². The van der Waals surface area contributed by atoms with Crippen molar-refractivity contribution in [1.82, 2.24) is 10.4 Å². The quantitative estimate of drug-likeness (QED) is 0.283. The second kappa shape index (κ2) is 13.5. The van der Waals surface area contributed by atoms with Gasteiger partial charge in [-0.3, -0.25) is 24.5 Å². The maximum Gasteiger partial charge on any atom is 0.323 e. The largest absolute Gasteiger partial charge is 0.480 e. The summed E-state index contributed by atoms with van der Waals surface area (Å²) in [7, 11) is 0. The zero-order valence-electron chi connectivity index (χ0n) is 18.0. The number of carbonyl (C=O) groups excluding carboxylic acids is 1. The highest BCUT2D eigenvalue weighted by atomic mass is 35.5. The van der Waals surface area contributed by atoms with Gasteiger partial charge in [-0.05, 0) is 62.8 Å². The summed E-state index contributed by atoms with van der Waals surface area (Å²) < 4.78 is 0. The molecule has 0 bridgehead atoms. The number of unbranched alkanes of at least 4 members (excludes halogenated alkanes) is 1. The lowest BCUT2D eigenvalue weighted by Gasteiger charge is -2.25. The molecule has 178 valence electrons. The average molecular weight is 470 g/mol. The molecule has 0 aromatic heterocycles. The fraction of sp³-hybridized carbons (Fsp3) is 0.591. The highest BCUT2D eigenvalue weighted by Gasteiger charge is 2.33. The Bertz CT molecular complexity index is 761. The lowest BCUT2D eigenvalue weighted by Crippen LogP contribution is -2.49. The van der Waals surface area contributed by atoms with E-state index >= 15 is 0 Å². The Labute approximate surface area is 192 Å². The Morgan fingerprint density at radius 3 is 2.50 bits per heavy atom. The van der Waals surface area contributed by atoms with E-state index < -0.39 is 30.1 Å². The number of rotatable bonds is 15. The third kappa shape index (κ3) is 8.48. The first kappa shape index (κ1) is 26.2. The number of hydrogen-bond acceptors (Lipinski definition) is 7. The molecule has 0 aliphatic carbocycles. The van der Waals surface area contributed by atoms with Gasteiger partial charge in [-0.1, -0.05) is 30.2 Å². The molecule has 10 heteroatoms.